The second-order valence-corrected chi connectivity index (χ2v) is 6.50. The molecule has 2 aromatic rings. The molecule has 9 nitrogen and oxygen atoms in total. The van der Waals surface area contributed by atoms with Crippen LogP contribution in [0.25, 0.3) is 0 Å². The standard InChI is InChI=1S/C18H22N6O3/c1-13-6-8-14(9-7-13)18(25)22-21-16-15(24(26)27)17(20-12-19-16)23-10-4-2-3-5-11-23/h6-9,12H,2-5,10-11H2,1H3,(H,22,25)(H,19,20,21). The number of carbonyl (C=O) groups is 1. The van der Waals surface area contributed by atoms with Crippen LogP contribution >= 0.6 is 0 Å². The van der Waals surface area contributed by atoms with Crippen LogP contribution in [0.3, 0.4) is 0 Å². The van der Waals surface area contributed by atoms with Gasteiger partial charge in [-0.3, -0.25) is 25.8 Å². The molecule has 0 spiro atoms. The summed E-state index contributed by atoms with van der Waals surface area (Å²) in [6.45, 7) is 3.36. The highest BCUT2D eigenvalue weighted by atomic mass is 16.6. The molecule has 1 aliphatic rings. The smallest absolute Gasteiger partial charge is 0.351 e. The summed E-state index contributed by atoms with van der Waals surface area (Å²) in [5, 5.41) is 11.7. The number of hydrogen-bond acceptors (Lipinski definition) is 7. The molecule has 9 heteroatoms. The van der Waals surface area contributed by atoms with Gasteiger partial charge in [-0.25, -0.2) is 9.97 Å². The summed E-state index contributed by atoms with van der Waals surface area (Å²) in [5.41, 5.74) is 6.30. The number of aromatic nitrogens is 2. The molecule has 0 atom stereocenters. The normalized spacial score (nSPS) is 14.3. The van der Waals surface area contributed by atoms with Gasteiger partial charge in [0.1, 0.15) is 6.33 Å². The minimum absolute atomic E-state index is 0.0327. The van der Waals surface area contributed by atoms with Crippen LogP contribution in [0.1, 0.15) is 41.6 Å². The van der Waals surface area contributed by atoms with Crippen molar-refractivity contribution in [2.24, 2.45) is 0 Å². The third-order valence-electron chi connectivity index (χ3n) is 4.50. The van der Waals surface area contributed by atoms with E-state index in [1.54, 1.807) is 12.1 Å². The van der Waals surface area contributed by atoms with Crippen LogP contribution in [0.2, 0.25) is 0 Å². The largest absolute Gasteiger partial charge is 0.355 e. The first kappa shape index (κ1) is 18.6. The summed E-state index contributed by atoms with van der Waals surface area (Å²) in [6.07, 6.45) is 5.41. The van der Waals surface area contributed by atoms with Crippen LogP contribution in [0, 0.1) is 17.0 Å². The van der Waals surface area contributed by atoms with Crippen molar-refractivity contribution in [2.75, 3.05) is 23.4 Å². The van der Waals surface area contributed by atoms with Crippen LogP contribution in [-0.4, -0.2) is 33.9 Å². The van der Waals surface area contributed by atoms with E-state index in [1.807, 2.05) is 24.0 Å². The van der Waals surface area contributed by atoms with Crippen molar-refractivity contribution in [3.05, 3.63) is 51.8 Å². The van der Waals surface area contributed by atoms with Crippen molar-refractivity contribution < 1.29 is 9.72 Å². The quantitative estimate of drug-likeness (QED) is 0.614. The lowest BCUT2D eigenvalue weighted by molar-refractivity contribution is -0.383. The van der Waals surface area contributed by atoms with E-state index < -0.39 is 10.8 Å². The molecule has 0 radical (unpaired) electrons. The molecule has 0 aliphatic carbocycles. The molecule has 1 saturated heterocycles. The Morgan fingerprint density at radius 2 is 1.78 bits per heavy atom. The number of amides is 1. The van der Waals surface area contributed by atoms with Crippen molar-refractivity contribution in [1.29, 1.82) is 0 Å². The predicted octanol–water partition coefficient (Wildman–Crippen LogP) is 2.83. The van der Waals surface area contributed by atoms with Crippen LogP contribution in [0.5, 0.6) is 0 Å². The van der Waals surface area contributed by atoms with Crippen molar-refractivity contribution in [2.45, 2.75) is 32.6 Å². The fourth-order valence-corrected chi connectivity index (χ4v) is 3.04. The summed E-state index contributed by atoms with van der Waals surface area (Å²) in [6, 6.07) is 7.01. The van der Waals surface area contributed by atoms with Crippen molar-refractivity contribution >= 4 is 23.2 Å². The first-order chi connectivity index (χ1) is 13.1. The number of carbonyl (C=O) groups excluding carboxylic acids is 1. The molecule has 2 heterocycles. The van der Waals surface area contributed by atoms with Gasteiger partial charge < -0.3 is 4.90 Å². The number of hydrazine groups is 1. The SMILES string of the molecule is Cc1ccc(C(=O)NNc2ncnc(N3CCCCCC3)c2[N+](=O)[O-])cc1. The number of aryl methyl sites for hydroxylation is 1. The highest BCUT2D eigenvalue weighted by Gasteiger charge is 2.27. The Morgan fingerprint density at radius 3 is 2.41 bits per heavy atom. The fraction of sp³-hybridized carbons (Fsp3) is 0.389. The van der Waals surface area contributed by atoms with Crippen molar-refractivity contribution in [3.8, 4) is 0 Å². The summed E-state index contributed by atoms with van der Waals surface area (Å²) < 4.78 is 0. The maximum Gasteiger partial charge on any atom is 0.355 e. The highest BCUT2D eigenvalue weighted by Crippen LogP contribution is 2.32. The third kappa shape index (κ3) is 4.49. The Bertz CT molecular complexity index is 816. The van der Waals surface area contributed by atoms with E-state index >= 15 is 0 Å². The second kappa shape index (κ2) is 8.43. The highest BCUT2D eigenvalue weighted by molar-refractivity contribution is 5.95. The topological polar surface area (TPSA) is 113 Å². The Kier molecular flexibility index (Phi) is 5.80. The van der Waals surface area contributed by atoms with Gasteiger partial charge in [0, 0.05) is 18.7 Å². The Labute approximate surface area is 156 Å². The van der Waals surface area contributed by atoms with Gasteiger partial charge in [0.2, 0.25) is 11.6 Å². The van der Waals surface area contributed by atoms with Gasteiger partial charge in [0.05, 0.1) is 4.92 Å². The van der Waals surface area contributed by atoms with Gasteiger partial charge in [-0.1, -0.05) is 30.5 Å². The number of anilines is 2. The predicted molar refractivity (Wildman–Crippen MR) is 102 cm³/mol. The zero-order chi connectivity index (χ0) is 19.2. The molecule has 142 valence electrons. The minimum Gasteiger partial charge on any atom is -0.351 e. The third-order valence-corrected chi connectivity index (χ3v) is 4.50. The monoisotopic (exact) mass is 370 g/mol. The average Bonchev–Trinajstić information content (AvgIpc) is 2.95. The fourth-order valence-electron chi connectivity index (χ4n) is 3.04. The molecule has 3 rings (SSSR count). The molecular weight excluding hydrogens is 348 g/mol. The van der Waals surface area contributed by atoms with Crippen LogP contribution < -0.4 is 15.8 Å². The summed E-state index contributed by atoms with van der Waals surface area (Å²) in [5.74, 6) is -0.155. The van der Waals surface area contributed by atoms with Crippen LogP contribution in [-0.2, 0) is 0 Å². The van der Waals surface area contributed by atoms with E-state index in [2.05, 4.69) is 20.8 Å². The molecule has 1 aromatic carbocycles. The summed E-state index contributed by atoms with van der Waals surface area (Å²) in [7, 11) is 0. The summed E-state index contributed by atoms with van der Waals surface area (Å²) in [4.78, 5) is 33.4. The molecule has 0 saturated carbocycles. The lowest BCUT2D eigenvalue weighted by Gasteiger charge is -2.21. The van der Waals surface area contributed by atoms with E-state index in [1.165, 1.54) is 6.33 Å². The van der Waals surface area contributed by atoms with Gasteiger partial charge in [-0.05, 0) is 31.9 Å². The molecule has 27 heavy (non-hydrogen) atoms. The van der Waals surface area contributed by atoms with Gasteiger partial charge in [-0.15, -0.1) is 0 Å². The number of nitro groups is 1. The lowest BCUT2D eigenvalue weighted by Crippen LogP contribution is -2.31. The maximum atomic E-state index is 12.2. The Hall–Kier alpha value is -3.23. The molecule has 0 bridgehead atoms. The molecule has 2 N–H and O–H groups in total. The number of nitrogens with zero attached hydrogens (tertiary/aromatic N) is 4. The van der Waals surface area contributed by atoms with E-state index in [0.717, 1.165) is 31.2 Å². The molecule has 1 amide bonds. The van der Waals surface area contributed by atoms with E-state index in [9.17, 15) is 14.9 Å². The zero-order valence-corrected chi connectivity index (χ0v) is 15.1. The molecule has 1 aliphatic heterocycles. The Morgan fingerprint density at radius 1 is 1.11 bits per heavy atom. The summed E-state index contributed by atoms with van der Waals surface area (Å²) >= 11 is 0. The number of nitrogens with one attached hydrogen (secondary N) is 2. The van der Waals surface area contributed by atoms with Gasteiger partial charge in [-0.2, -0.15) is 0 Å². The maximum absolute atomic E-state index is 12.2. The Balaban J connectivity index is 1.80. The molecule has 1 aromatic heterocycles. The van der Waals surface area contributed by atoms with Crippen molar-refractivity contribution in [1.82, 2.24) is 15.4 Å². The van der Waals surface area contributed by atoms with E-state index in [-0.39, 0.29) is 17.3 Å². The number of rotatable bonds is 5. The van der Waals surface area contributed by atoms with Gasteiger partial charge in [0.25, 0.3) is 5.91 Å². The number of hydrogen-bond donors (Lipinski definition) is 2. The van der Waals surface area contributed by atoms with E-state index in [4.69, 9.17) is 0 Å². The van der Waals surface area contributed by atoms with Crippen molar-refractivity contribution in [3.63, 3.8) is 0 Å². The molecule has 1 fully saturated rings. The molecule has 0 unspecified atom stereocenters. The van der Waals surface area contributed by atoms with E-state index in [0.29, 0.717) is 18.7 Å². The van der Waals surface area contributed by atoms with Gasteiger partial charge >= 0.3 is 5.69 Å². The van der Waals surface area contributed by atoms with Gasteiger partial charge in [0.15, 0.2) is 0 Å². The average molecular weight is 370 g/mol. The zero-order valence-electron chi connectivity index (χ0n) is 15.1. The number of benzene rings is 1. The van der Waals surface area contributed by atoms with Crippen LogP contribution in [0.15, 0.2) is 30.6 Å². The first-order valence-corrected chi connectivity index (χ1v) is 8.93. The van der Waals surface area contributed by atoms with Crippen LogP contribution in [0.4, 0.5) is 17.3 Å². The lowest BCUT2D eigenvalue weighted by atomic mass is 10.1. The first-order valence-electron chi connectivity index (χ1n) is 8.93. The minimum atomic E-state index is -0.513. The molecular formula is C18H22N6O3. The second-order valence-electron chi connectivity index (χ2n) is 6.50.